The number of aromatic nitrogens is 1. The van der Waals surface area contributed by atoms with Gasteiger partial charge < -0.3 is 15.4 Å². The SMILES string of the molecule is CC(C)(CNCCC1COCCN1)c1ccncc1. The van der Waals surface area contributed by atoms with E-state index in [1.165, 1.54) is 5.56 Å². The molecular weight excluding hydrogens is 238 g/mol. The quantitative estimate of drug-likeness (QED) is 0.760. The van der Waals surface area contributed by atoms with Crippen molar-refractivity contribution >= 4 is 0 Å². The molecule has 0 aromatic carbocycles. The maximum Gasteiger partial charge on any atom is 0.0620 e. The molecule has 0 bridgehead atoms. The topological polar surface area (TPSA) is 46.2 Å². The molecule has 1 aliphatic rings. The number of pyridine rings is 1. The van der Waals surface area contributed by atoms with Gasteiger partial charge in [0.05, 0.1) is 13.2 Å². The first-order valence-electron chi connectivity index (χ1n) is 7.11. The number of morpholine rings is 1. The third kappa shape index (κ3) is 4.56. The molecule has 4 nitrogen and oxygen atoms in total. The molecule has 19 heavy (non-hydrogen) atoms. The number of hydrogen-bond acceptors (Lipinski definition) is 4. The lowest BCUT2D eigenvalue weighted by Crippen LogP contribution is -2.43. The van der Waals surface area contributed by atoms with Crippen LogP contribution in [0.25, 0.3) is 0 Å². The van der Waals surface area contributed by atoms with Crippen LogP contribution in [0.1, 0.15) is 25.8 Å². The summed E-state index contributed by atoms with van der Waals surface area (Å²) in [6.45, 7) is 9.19. The minimum atomic E-state index is 0.138. The van der Waals surface area contributed by atoms with Crippen molar-refractivity contribution in [3.63, 3.8) is 0 Å². The predicted octanol–water partition coefficient (Wildman–Crippen LogP) is 1.33. The first kappa shape index (κ1) is 14.4. The third-order valence-electron chi connectivity index (χ3n) is 3.70. The van der Waals surface area contributed by atoms with Crippen LogP contribution < -0.4 is 10.6 Å². The standard InChI is InChI=1S/C15H25N3O/c1-15(2,13-3-6-16-7-4-13)12-17-8-5-14-11-19-10-9-18-14/h3-4,6-7,14,17-18H,5,8-12H2,1-2H3. The van der Waals surface area contributed by atoms with Crippen molar-refractivity contribution in [2.45, 2.75) is 31.7 Å². The molecule has 106 valence electrons. The summed E-state index contributed by atoms with van der Waals surface area (Å²) in [5.74, 6) is 0. The van der Waals surface area contributed by atoms with E-state index in [0.717, 1.165) is 39.3 Å². The Morgan fingerprint density at radius 1 is 1.42 bits per heavy atom. The summed E-state index contributed by atoms with van der Waals surface area (Å²) < 4.78 is 5.45. The Kier molecular flexibility index (Phi) is 5.31. The van der Waals surface area contributed by atoms with Crippen LogP contribution in [0.2, 0.25) is 0 Å². The Labute approximate surface area is 116 Å². The molecule has 0 radical (unpaired) electrons. The van der Waals surface area contributed by atoms with E-state index in [2.05, 4.69) is 41.6 Å². The highest BCUT2D eigenvalue weighted by atomic mass is 16.5. The number of ether oxygens (including phenoxy) is 1. The normalized spacial score (nSPS) is 20.4. The van der Waals surface area contributed by atoms with E-state index in [4.69, 9.17) is 4.74 Å². The van der Waals surface area contributed by atoms with E-state index in [1.54, 1.807) is 0 Å². The van der Waals surface area contributed by atoms with Gasteiger partial charge >= 0.3 is 0 Å². The molecule has 0 saturated carbocycles. The lowest BCUT2D eigenvalue weighted by atomic mass is 9.85. The summed E-state index contributed by atoms with van der Waals surface area (Å²) in [5.41, 5.74) is 1.47. The minimum absolute atomic E-state index is 0.138. The third-order valence-corrected chi connectivity index (χ3v) is 3.70. The summed E-state index contributed by atoms with van der Waals surface area (Å²) in [5, 5.41) is 7.03. The molecule has 1 aromatic rings. The van der Waals surface area contributed by atoms with Crippen LogP contribution in [0.4, 0.5) is 0 Å². The van der Waals surface area contributed by atoms with Crippen molar-refractivity contribution in [3.05, 3.63) is 30.1 Å². The van der Waals surface area contributed by atoms with E-state index < -0.39 is 0 Å². The molecule has 1 fully saturated rings. The van der Waals surface area contributed by atoms with Gasteiger partial charge in [0.15, 0.2) is 0 Å². The zero-order valence-corrected chi connectivity index (χ0v) is 12.0. The second kappa shape index (κ2) is 6.98. The first-order valence-corrected chi connectivity index (χ1v) is 7.11. The van der Waals surface area contributed by atoms with Gasteiger partial charge in [-0.3, -0.25) is 4.98 Å². The van der Waals surface area contributed by atoms with Gasteiger partial charge in [-0.25, -0.2) is 0 Å². The van der Waals surface area contributed by atoms with Gasteiger partial charge in [-0.15, -0.1) is 0 Å². The number of nitrogens with zero attached hydrogens (tertiary/aromatic N) is 1. The predicted molar refractivity (Wildman–Crippen MR) is 77.4 cm³/mol. The Bertz CT molecular complexity index is 361. The minimum Gasteiger partial charge on any atom is -0.379 e. The number of hydrogen-bond donors (Lipinski definition) is 2. The molecule has 0 spiro atoms. The van der Waals surface area contributed by atoms with E-state index >= 15 is 0 Å². The molecule has 0 amide bonds. The molecule has 2 rings (SSSR count). The van der Waals surface area contributed by atoms with E-state index in [1.807, 2.05) is 12.4 Å². The molecule has 1 saturated heterocycles. The van der Waals surface area contributed by atoms with E-state index in [9.17, 15) is 0 Å². The lowest BCUT2D eigenvalue weighted by molar-refractivity contribution is 0.0742. The average Bonchev–Trinajstić information content (AvgIpc) is 2.46. The molecule has 4 heteroatoms. The van der Waals surface area contributed by atoms with Crippen molar-refractivity contribution in [2.75, 3.05) is 32.8 Å². The maximum absolute atomic E-state index is 5.45. The number of rotatable bonds is 6. The molecule has 2 heterocycles. The van der Waals surface area contributed by atoms with Gasteiger partial charge in [0.2, 0.25) is 0 Å². The van der Waals surface area contributed by atoms with Gasteiger partial charge in [-0.2, -0.15) is 0 Å². The van der Waals surface area contributed by atoms with Gasteiger partial charge in [-0.05, 0) is 30.7 Å². The van der Waals surface area contributed by atoms with E-state index in [-0.39, 0.29) is 5.41 Å². The molecule has 1 atom stereocenters. The van der Waals surface area contributed by atoms with Crippen LogP contribution >= 0.6 is 0 Å². The summed E-state index contributed by atoms with van der Waals surface area (Å²) in [6, 6.07) is 4.70. The average molecular weight is 263 g/mol. The fourth-order valence-corrected chi connectivity index (χ4v) is 2.39. The fourth-order valence-electron chi connectivity index (χ4n) is 2.39. The maximum atomic E-state index is 5.45. The molecule has 2 N–H and O–H groups in total. The Morgan fingerprint density at radius 2 is 2.21 bits per heavy atom. The Morgan fingerprint density at radius 3 is 2.89 bits per heavy atom. The van der Waals surface area contributed by atoms with E-state index in [0.29, 0.717) is 6.04 Å². The molecule has 0 aliphatic carbocycles. The van der Waals surface area contributed by atoms with Gasteiger partial charge in [-0.1, -0.05) is 13.8 Å². The largest absolute Gasteiger partial charge is 0.379 e. The smallest absolute Gasteiger partial charge is 0.0620 e. The second-order valence-electron chi connectivity index (χ2n) is 5.81. The van der Waals surface area contributed by atoms with Crippen molar-refractivity contribution in [2.24, 2.45) is 0 Å². The highest BCUT2D eigenvalue weighted by molar-refractivity contribution is 5.20. The van der Waals surface area contributed by atoms with Crippen LogP contribution in [-0.4, -0.2) is 43.9 Å². The first-order chi connectivity index (χ1) is 9.18. The molecule has 1 aromatic heterocycles. The van der Waals surface area contributed by atoms with Crippen LogP contribution in [0, 0.1) is 0 Å². The van der Waals surface area contributed by atoms with Crippen molar-refractivity contribution in [1.29, 1.82) is 0 Å². The summed E-state index contributed by atoms with van der Waals surface area (Å²) >= 11 is 0. The molecular formula is C15H25N3O. The van der Waals surface area contributed by atoms with Crippen molar-refractivity contribution in [1.82, 2.24) is 15.6 Å². The molecule has 1 aliphatic heterocycles. The lowest BCUT2D eigenvalue weighted by Gasteiger charge is -2.27. The zero-order chi connectivity index (χ0) is 13.6. The summed E-state index contributed by atoms with van der Waals surface area (Å²) in [7, 11) is 0. The summed E-state index contributed by atoms with van der Waals surface area (Å²) in [4.78, 5) is 4.07. The van der Waals surface area contributed by atoms with Crippen LogP contribution in [-0.2, 0) is 10.2 Å². The van der Waals surface area contributed by atoms with Crippen molar-refractivity contribution < 1.29 is 4.74 Å². The summed E-state index contributed by atoms with van der Waals surface area (Å²) in [6.07, 6.45) is 4.84. The van der Waals surface area contributed by atoms with Crippen molar-refractivity contribution in [3.8, 4) is 0 Å². The zero-order valence-electron chi connectivity index (χ0n) is 12.0. The highest BCUT2D eigenvalue weighted by Crippen LogP contribution is 2.21. The number of nitrogens with one attached hydrogen (secondary N) is 2. The monoisotopic (exact) mass is 263 g/mol. The van der Waals surface area contributed by atoms with Gasteiger partial charge in [0, 0.05) is 36.9 Å². The molecule has 1 unspecified atom stereocenters. The fraction of sp³-hybridized carbons (Fsp3) is 0.667. The van der Waals surface area contributed by atoms with Crippen LogP contribution in [0.3, 0.4) is 0 Å². The Balaban J connectivity index is 1.69. The van der Waals surface area contributed by atoms with Gasteiger partial charge in [0.1, 0.15) is 0 Å². The van der Waals surface area contributed by atoms with Crippen LogP contribution in [0.5, 0.6) is 0 Å². The van der Waals surface area contributed by atoms with Gasteiger partial charge in [0.25, 0.3) is 0 Å². The second-order valence-corrected chi connectivity index (χ2v) is 5.81. The Hall–Kier alpha value is -0.970. The highest BCUT2D eigenvalue weighted by Gasteiger charge is 2.20. The van der Waals surface area contributed by atoms with Crippen LogP contribution in [0.15, 0.2) is 24.5 Å².